The zero-order valence-corrected chi connectivity index (χ0v) is 19.6. The molecular weight excluding hydrogens is 414 g/mol. The van der Waals surface area contributed by atoms with Gasteiger partial charge < -0.3 is 24.6 Å². The first-order valence-corrected chi connectivity index (χ1v) is 11.7. The van der Waals surface area contributed by atoms with Crippen molar-refractivity contribution >= 4 is 23.2 Å². The highest BCUT2D eigenvalue weighted by atomic mass is 32.2. The van der Waals surface area contributed by atoms with Gasteiger partial charge in [-0.15, -0.1) is 11.8 Å². The van der Waals surface area contributed by atoms with Crippen LogP contribution in [0.25, 0.3) is 5.57 Å². The molecule has 0 aliphatic heterocycles. The van der Waals surface area contributed by atoms with Crippen molar-refractivity contribution in [3.63, 3.8) is 0 Å². The summed E-state index contributed by atoms with van der Waals surface area (Å²) in [4.78, 5) is 12.8. The van der Waals surface area contributed by atoms with Crippen LogP contribution in [0.5, 0.6) is 17.2 Å². The molecule has 6 nitrogen and oxygen atoms in total. The van der Waals surface area contributed by atoms with Gasteiger partial charge in [-0.2, -0.15) is 0 Å². The number of rotatable bonds is 7. The van der Waals surface area contributed by atoms with Crippen molar-refractivity contribution in [3.05, 3.63) is 45.9 Å². The van der Waals surface area contributed by atoms with Gasteiger partial charge in [0.1, 0.15) is 6.10 Å². The maximum Gasteiger partial charge on any atom is 0.217 e. The Morgan fingerprint density at radius 1 is 1.26 bits per heavy atom. The largest absolute Gasteiger partial charge is 0.492 e. The number of allylic oxidation sites excluding steroid dienone is 2. The molecule has 0 spiro atoms. The van der Waals surface area contributed by atoms with Crippen molar-refractivity contribution in [3.8, 4) is 17.2 Å². The quantitative estimate of drug-likeness (QED) is 0.663. The van der Waals surface area contributed by atoms with E-state index >= 15 is 0 Å². The smallest absolute Gasteiger partial charge is 0.217 e. The van der Waals surface area contributed by atoms with Crippen molar-refractivity contribution in [2.24, 2.45) is 0 Å². The van der Waals surface area contributed by atoms with E-state index in [0.717, 1.165) is 33.6 Å². The van der Waals surface area contributed by atoms with Crippen LogP contribution >= 0.6 is 11.8 Å². The highest BCUT2D eigenvalue weighted by molar-refractivity contribution is 8.02. The van der Waals surface area contributed by atoms with E-state index in [-0.39, 0.29) is 11.9 Å². The maximum absolute atomic E-state index is 12.0. The molecule has 1 aromatic rings. The highest BCUT2D eigenvalue weighted by Crippen LogP contribution is 2.49. The summed E-state index contributed by atoms with van der Waals surface area (Å²) in [5, 5.41) is 13.8. The molecule has 1 aromatic carbocycles. The Hall–Kier alpha value is -2.38. The van der Waals surface area contributed by atoms with Crippen molar-refractivity contribution < 1.29 is 24.1 Å². The van der Waals surface area contributed by atoms with E-state index in [2.05, 4.69) is 12.2 Å². The van der Waals surface area contributed by atoms with Gasteiger partial charge in [-0.1, -0.05) is 13.0 Å². The summed E-state index contributed by atoms with van der Waals surface area (Å²) in [5.41, 5.74) is 3.76. The molecule has 3 rings (SSSR count). The molecule has 2 aliphatic carbocycles. The Labute approximate surface area is 188 Å². The number of aliphatic hydroxyl groups is 1. The zero-order valence-electron chi connectivity index (χ0n) is 18.8. The van der Waals surface area contributed by atoms with E-state index in [1.54, 1.807) is 14.2 Å². The number of hydrogen-bond donors (Lipinski definition) is 2. The predicted molar refractivity (Wildman–Crippen MR) is 125 cm³/mol. The molecule has 7 heteroatoms. The lowest BCUT2D eigenvalue weighted by atomic mass is 9.91. The van der Waals surface area contributed by atoms with Crippen molar-refractivity contribution in [2.75, 3.05) is 27.1 Å². The second-order valence-corrected chi connectivity index (χ2v) is 8.42. The number of thioether (sulfide) groups is 1. The second-order valence-electron chi connectivity index (χ2n) is 7.54. The molecular formula is C24H31NO5S. The van der Waals surface area contributed by atoms with Crippen LogP contribution in [0.2, 0.25) is 0 Å². The average molecular weight is 446 g/mol. The minimum absolute atomic E-state index is 0.107. The van der Waals surface area contributed by atoms with Gasteiger partial charge in [0.15, 0.2) is 11.5 Å². The van der Waals surface area contributed by atoms with Gasteiger partial charge in [-0.25, -0.2) is 0 Å². The van der Waals surface area contributed by atoms with Crippen molar-refractivity contribution in [1.82, 2.24) is 5.32 Å². The predicted octanol–water partition coefficient (Wildman–Crippen LogP) is 3.87. The summed E-state index contributed by atoms with van der Waals surface area (Å²) in [7, 11) is 3.23. The van der Waals surface area contributed by atoms with E-state index in [9.17, 15) is 9.90 Å². The van der Waals surface area contributed by atoms with Crippen molar-refractivity contribution in [1.29, 1.82) is 0 Å². The van der Waals surface area contributed by atoms with Crippen LogP contribution in [0.15, 0.2) is 34.8 Å². The number of methoxy groups -OCH3 is 2. The molecule has 2 unspecified atom stereocenters. The molecule has 0 radical (unpaired) electrons. The van der Waals surface area contributed by atoms with E-state index in [0.29, 0.717) is 36.7 Å². The van der Waals surface area contributed by atoms with Crippen LogP contribution in [0.4, 0.5) is 0 Å². The van der Waals surface area contributed by atoms with Gasteiger partial charge in [-0.3, -0.25) is 4.79 Å². The lowest BCUT2D eigenvalue weighted by molar-refractivity contribution is -0.119. The average Bonchev–Trinajstić information content (AvgIpc) is 2.99. The molecule has 0 fully saturated rings. The standard InChI is InChI=1S/C24H31NO5S/c1-6-11-30-20-12-15-7-9-18(25-14(2)26)17-13-19(27)21(31-5)10-8-16(17)22(15)24(29-4)23(20)28-3/h8,10,12-13,18-19,27H,6-7,9,11H2,1-5H3,(H,25,26). The Bertz CT molecular complexity index is 934. The highest BCUT2D eigenvalue weighted by Gasteiger charge is 2.32. The van der Waals surface area contributed by atoms with Crippen LogP contribution in [0.1, 0.15) is 37.8 Å². The van der Waals surface area contributed by atoms with E-state index in [1.807, 2.05) is 30.6 Å². The molecule has 0 saturated carbocycles. The number of ether oxygens (including phenoxy) is 3. The van der Waals surface area contributed by atoms with Gasteiger partial charge in [-0.05, 0) is 60.4 Å². The zero-order chi connectivity index (χ0) is 22.5. The molecule has 2 aliphatic rings. The second kappa shape index (κ2) is 10.3. The molecule has 168 valence electrons. The van der Waals surface area contributed by atoms with Crippen LogP contribution in [0, 0.1) is 0 Å². The Kier molecular flexibility index (Phi) is 7.73. The summed E-state index contributed by atoms with van der Waals surface area (Å²) in [6.45, 7) is 4.15. The fourth-order valence-corrected chi connectivity index (χ4v) is 4.65. The molecule has 0 bridgehead atoms. The Morgan fingerprint density at radius 3 is 2.61 bits per heavy atom. The lowest BCUT2D eigenvalue weighted by Crippen LogP contribution is -2.35. The number of aryl methyl sites for hydroxylation is 1. The molecule has 1 amide bonds. The normalized spacial score (nSPS) is 20.1. The molecule has 0 heterocycles. The van der Waals surface area contributed by atoms with Crippen LogP contribution in [-0.4, -0.2) is 50.2 Å². The minimum Gasteiger partial charge on any atom is -0.492 e. The van der Waals surface area contributed by atoms with Gasteiger partial charge in [0.2, 0.25) is 11.7 Å². The van der Waals surface area contributed by atoms with Crippen LogP contribution in [-0.2, 0) is 11.2 Å². The number of carbonyl (C=O) groups is 1. The minimum atomic E-state index is -0.739. The SMILES string of the molecule is CCCOc1cc2c(c(OC)c1OC)C1=CC=C(SC)C(O)C=C1C(NC(C)=O)CC2. The fraction of sp³-hybridized carbons (Fsp3) is 0.458. The first-order valence-electron chi connectivity index (χ1n) is 10.5. The third-order valence-corrected chi connectivity index (χ3v) is 6.32. The summed E-state index contributed by atoms with van der Waals surface area (Å²) >= 11 is 1.50. The molecule has 0 aromatic heterocycles. The van der Waals surface area contributed by atoms with Gasteiger partial charge in [0, 0.05) is 17.4 Å². The third-order valence-electron chi connectivity index (χ3n) is 5.47. The summed E-state index contributed by atoms with van der Waals surface area (Å²) < 4.78 is 17.5. The van der Waals surface area contributed by atoms with E-state index in [4.69, 9.17) is 14.2 Å². The summed E-state index contributed by atoms with van der Waals surface area (Å²) in [6, 6.07) is 1.79. The number of nitrogens with one attached hydrogen (secondary N) is 1. The van der Waals surface area contributed by atoms with Gasteiger partial charge in [0.25, 0.3) is 0 Å². The number of benzene rings is 1. The monoisotopic (exact) mass is 445 g/mol. The summed E-state index contributed by atoms with van der Waals surface area (Å²) in [6.07, 6.45) is 9.26. The first-order chi connectivity index (χ1) is 14.9. The molecule has 2 atom stereocenters. The molecule has 0 saturated heterocycles. The first kappa shape index (κ1) is 23.3. The topological polar surface area (TPSA) is 77.0 Å². The number of hydrogen-bond acceptors (Lipinski definition) is 6. The Morgan fingerprint density at radius 2 is 2.00 bits per heavy atom. The maximum atomic E-state index is 12.0. The number of fused-ring (bicyclic) bond motifs is 3. The van der Waals surface area contributed by atoms with Crippen molar-refractivity contribution in [2.45, 2.75) is 45.3 Å². The third kappa shape index (κ3) is 4.77. The molecule has 2 N–H and O–H groups in total. The van der Waals surface area contributed by atoms with Gasteiger partial charge in [0.05, 0.1) is 26.9 Å². The summed E-state index contributed by atoms with van der Waals surface area (Å²) in [5.74, 6) is 1.69. The van der Waals surface area contributed by atoms with Gasteiger partial charge >= 0.3 is 0 Å². The number of amides is 1. The van der Waals surface area contributed by atoms with E-state index in [1.165, 1.54) is 18.7 Å². The Balaban J connectivity index is 2.27. The van der Waals surface area contributed by atoms with Crippen LogP contribution in [0.3, 0.4) is 0 Å². The van der Waals surface area contributed by atoms with E-state index < -0.39 is 6.10 Å². The lowest BCUT2D eigenvalue weighted by Gasteiger charge is -2.23. The molecule has 31 heavy (non-hydrogen) atoms. The fourth-order valence-electron chi connectivity index (χ4n) is 4.14. The van der Waals surface area contributed by atoms with Crippen LogP contribution < -0.4 is 19.5 Å². The number of carbonyl (C=O) groups excluding carboxylic acids is 1. The number of aliphatic hydroxyl groups excluding tert-OH is 1.